The molecule has 0 saturated heterocycles. The predicted molar refractivity (Wildman–Crippen MR) is 40.3 cm³/mol. The van der Waals surface area contributed by atoms with Crippen molar-refractivity contribution in [2.75, 3.05) is 6.61 Å². The smallest absolute Gasteiger partial charge is 0.293 e. The molecule has 0 atom stereocenters. The Morgan fingerprint density at radius 1 is 1.56 bits per heavy atom. The first-order valence-corrected chi connectivity index (χ1v) is 6.45. The number of hydrogen-bond donors (Lipinski definition) is 0. The molecule has 0 aliphatic carbocycles. The molecule has 0 aromatic heterocycles. The Labute approximate surface area is 57.8 Å². The van der Waals surface area contributed by atoms with Gasteiger partial charge in [-0.25, -0.2) is 0 Å². The first-order valence-electron chi connectivity index (χ1n) is 3.32. The molecule has 0 aromatic carbocycles. The molecular weight excluding hydrogens is 132 g/mol. The topological polar surface area (TPSA) is 26.3 Å². The lowest BCUT2D eigenvalue weighted by atomic mass is 10.5. The van der Waals surface area contributed by atoms with E-state index in [0.717, 1.165) is 6.42 Å². The highest BCUT2D eigenvalue weighted by molar-refractivity contribution is 6.55. The molecule has 0 amide bonds. The number of hydrogen-bond acceptors (Lipinski definition) is 2. The molecule has 0 fully saturated rings. The molecule has 0 radical (unpaired) electrons. The average Bonchev–Trinajstić information content (AvgIpc) is 1.80. The van der Waals surface area contributed by atoms with Gasteiger partial charge in [0.1, 0.15) is 0 Å². The Balaban J connectivity index is 2.82. The summed E-state index contributed by atoms with van der Waals surface area (Å²) in [5, 5.41) is 0. The highest BCUT2D eigenvalue weighted by Crippen LogP contribution is 1.95. The van der Waals surface area contributed by atoms with Crippen molar-refractivity contribution in [3.8, 4) is 0 Å². The molecule has 0 aromatic rings. The van der Waals surface area contributed by atoms with Crippen LogP contribution in [0.2, 0.25) is 19.1 Å². The van der Waals surface area contributed by atoms with E-state index < -0.39 is 8.80 Å². The molecule has 0 bridgehead atoms. The molecule has 0 saturated carbocycles. The fourth-order valence-electron chi connectivity index (χ4n) is 0.623. The van der Waals surface area contributed by atoms with Gasteiger partial charge in [-0.1, -0.05) is 19.1 Å². The molecule has 0 rings (SSSR count). The molecule has 0 aliphatic rings. The molecule has 0 spiro atoms. The second-order valence-corrected chi connectivity index (χ2v) is 5.87. The van der Waals surface area contributed by atoms with Gasteiger partial charge in [-0.3, -0.25) is 4.79 Å². The van der Waals surface area contributed by atoms with Crippen LogP contribution in [0.15, 0.2) is 0 Å². The van der Waals surface area contributed by atoms with Crippen LogP contribution < -0.4 is 0 Å². The number of ether oxygens (including phenoxy) is 1. The maximum atomic E-state index is 9.64. The van der Waals surface area contributed by atoms with E-state index in [4.69, 9.17) is 0 Å². The molecule has 54 valence electrons. The van der Waals surface area contributed by atoms with Gasteiger partial charge < -0.3 is 4.74 Å². The summed E-state index contributed by atoms with van der Waals surface area (Å²) < 4.78 is 4.53. The molecule has 2 nitrogen and oxygen atoms in total. The van der Waals surface area contributed by atoms with Crippen LogP contribution in [-0.4, -0.2) is 21.9 Å². The lowest BCUT2D eigenvalue weighted by Gasteiger charge is -2.00. The first kappa shape index (κ1) is 8.69. The van der Waals surface area contributed by atoms with Crippen molar-refractivity contribution in [1.82, 2.24) is 0 Å². The predicted octanol–water partition coefficient (Wildman–Crippen LogP) is 1.04. The van der Waals surface area contributed by atoms with E-state index in [2.05, 4.69) is 17.8 Å². The van der Waals surface area contributed by atoms with Gasteiger partial charge in [0.05, 0.1) is 6.61 Å². The lowest BCUT2D eigenvalue weighted by Crippen LogP contribution is -2.01. The fraction of sp³-hybridized carbons (Fsp3) is 0.833. The van der Waals surface area contributed by atoms with Crippen LogP contribution in [-0.2, 0) is 9.53 Å². The Bertz CT molecular complexity index is 73.5. The zero-order chi connectivity index (χ0) is 7.11. The zero-order valence-electron chi connectivity index (χ0n) is 6.09. The van der Waals surface area contributed by atoms with Crippen LogP contribution in [0.3, 0.4) is 0 Å². The third-order valence-corrected chi connectivity index (χ3v) is 2.67. The monoisotopic (exact) mass is 146 g/mol. The van der Waals surface area contributed by atoms with Gasteiger partial charge in [0.25, 0.3) is 6.47 Å². The SMILES string of the molecule is C[SiH](C)CCCOC=O. The summed E-state index contributed by atoms with van der Waals surface area (Å²) in [5.74, 6) is 0. The van der Waals surface area contributed by atoms with Crippen molar-refractivity contribution in [3.05, 3.63) is 0 Å². The minimum atomic E-state index is -0.409. The normalized spacial score (nSPS) is 9.67. The fourth-order valence-corrected chi connectivity index (χ4v) is 1.61. The third kappa shape index (κ3) is 7.69. The standard InChI is InChI=1S/C6H14O2Si/c1-9(2)5-3-4-8-6-7/h6,9H,3-5H2,1-2H3. The van der Waals surface area contributed by atoms with Crippen LogP contribution in [0, 0.1) is 0 Å². The summed E-state index contributed by atoms with van der Waals surface area (Å²) in [5.41, 5.74) is 0. The summed E-state index contributed by atoms with van der Waals surface area (Å²) in [4.78, 5) is 9.64. The van der Waals surface area contributed by atoms with Crippen molar-refractivity contribution in [3.63, 3.8) is 0 Å². The quantitative estimate of drug-likeness (QED) is 0.329. The second kappa shape index (κ2) is 5.82. The average molecular weight is 146 g/mol. The Morgan fingerprint density at radius 2 is 2.22 bits per heavy atom. The minimum Gasteiger partial charge on any atom is -0.468 e. The summed E-state index contributed by atoms with van der Waals surface area (Å²) in [6.45, 7) is 5.71. The highest BCUT2D eigenvalue weighted by atomic mass is 28.3. The largest absolute Gasteiger partial charge is 0.468 e. The molecule has 0 heterocycles. The first-order chi connectivity index (χ1) is 4.27. The molecular formula is C6H14O2Si. The van der Waals surface area contributed by atoms with Crippen LogP contribution >= 0.6 is 0 Å². The van der Waals surface area contributed by atoms with Crippen molar-refractivity contribution < 1.29 is 9.53 Å². The van der Waals surface area contributed by atoms with Gasteiger partial charge in [-0.05, 0) is 6.42 Å². The Hall–Kier alpha value is -0.313. The molecule has 0 unspecified atom stereocenters. The zero-order valence-corrected chi connectivity index (χ0v) is 7.25. The van der Waals surface area contributed by atoms with Gasteiger partial charge >= 0.3 is 0 Å². The van der Waals surface area contributed by atoms with E-state index >= 15 is 0 Å². The minimum absolute atomic E-state index is 0.409. The summed E-state index contributed by atoms with van der Waals surface area (Å²) >= 11 is 0. The van der Waals surface area contributed by atoms with E-state index in [1.807, 2.05) is 0 Å². The molecule has 9 heavy (non-hydrogen) atoms. The summed E-state index contributed by atoms with van der Waals surface area (Å²) in [6, 6.07) is 1.27. The van der Waals surface area contributed by atoms with E-state index in [1.165, 1.54) is 6.04 Å². The molecule has 0 N–H and O–H groups in total. The Kier molecular flexibility index (Phi) is 5.61. The number of rotatable bonds is 5. The van der Waals surface area contributed by atoms with E-state index in [9.17, 15) is 4.79 Å². The van der Waals surface area contributed by atoms with Crippen LogP contribution in [0.25, 0.3) is 0 Å². The highest BCUT2D eigenvalue weighted by Gasteiger charge is 1.93. The van der Waals surface area contributed by atoms with Crippen LogP contribution in [0.5, 0.6) is 0 Å². The van der Waals surface area contributed by atoms with Gasteiger partial charge in [0.15, 0.2) is 0 Å². The Morgan fingerprint density at radius 3 is 2.67 bits per heavy atom. The van der Waals surface area contributed by atoms with Crippen molar-refractivity contribution in [2.45, 2.75) is 25.6 Å². The van der Waals surface area contributed by atoms with Gasteiger partial charge in [-0.2, -0.15) is 0 Å². The van der Waals surface area contributed by atoms with Crippen molar-refractivity contribution >= 4 is 15.3 Å². The molecule has 3 heteroatoms. The lowest BCUT2D eigenvalue weighted by molar-refractivity contribution is -0.128. The van der Waals surface area contributed by atoms with Crippen LogP contribution in [0.1, 0.15) is 6.42 Å². The van der Waals surface area contributed by atoms with E-state index in [0.29, 0.717) is 13.1 Å². The maximum Gasteiger partial charge on any atom is 0.293 e. The van der Waals surface area contributed by atoms with Gasteiger partial charge in [0, 0.05) is 8.80 Å². The number of carbonyl (C=O) groups excluding carboxylic acids is 1. The van der Waals surface area contributed by atoms with Crippen molar-refractivity contribution in [2.24, 2.45) is 0 Å². The summed E-state index contributed by atoms with van der Waals surface area (Å²) in [7, 11) is -0.409. The van der Waals surface area contributed by atoms with Gasteiger partial charge in [0.2, 0.25) is 0 Å². The molecule has 0 aliphatic heterocycles. The maximum absolute atomic E-state index is 9.64. The second-order valence-electron chi connectivity index (χ2n) is 2.50. The van der Waals surface area contributed by atoms with Crippen molar-refractivity contribution in [1.29, 1.82) is 0 Å². The van der Waals surface area contributed by atoms with Crippen LogP contribution in [0.4, 0.5) is 0 Å². The van der Waals surface area contributed by atoms with E-state index in [-0.39, 0.29) is 0 Å². The van der Waals surface area contributed by atoms with E-state index in [1.54, 1.807) is 0 Å². The number of carbonyl (C=O) groups is 1. The van der Waals surface area contributed by atoms with Gasteiger partial charge in [-0.15, -0.1) is 0 Å². The third-order valence-electron chi connectivity index (χ3n) is 1.11. The summed E-state index contributed by atoms with van der Waals surface area (Å²) in [6.07, 6.45) is 1.04.